The van der Waals surface area contributed by atoms with E-state index >= 15 is 0 Å². The predicted molar refractivity (Wildman–Crippen MR) is 124 cm³/mol. The SMILES string of the molecule is CC1(C)c2ccccc2N(c2ccc(-c3ccccc3)cc2)c2ccc(C=O)cc21. The fourth-order valence-electron chi connectivity index (χ4n) is 4.51. The van der Waals surface area contributed by atoms with Crippen molar-refractivity contribution >= 4 is 23.3 Å². The molecule has 5 rings (SSSR count). The molecule has 1 aliphatic rings. The highest BCUT2D eigenvalue weighted by atomic mass is 16.1. The summed E-state index contributed by atoms with van der Waals surface area (Å²) >= 11 is 0. The molecule has 0 atom stereocenters. The minimum Gasteiger partial charge on any atom is -0.310 e. The molecule has 146 valence electrons. The van der Waals surface area contributed by atoms with Crippen LogP contribution in [0.15, 0.2) is 97.1 Å². The number of hydrogen-bond acceptors (Lipinski definition) is 2. The lowest BCUT2D eigenvalue weighted by atomic mass is 9.73. The van der Waals surface area contributed by atoms with E-state index in [9.17, 15) is 4.79 Å². The second-order valence-corrected chi connectivity index (χ2v) is 8.28. The second kappa shape index (κ2) is 7.00. The standard InChI is InChI=1S/C28H23NO/c1-28(2)24-10-6-7-11-26(24)29(27-17-12-20(19-30)18-25(27)28)23-15-13-22(14-16-23)21-8-4-3-5-9-21/h3-19H,1-2H3. The fourth-order valence-corrected chi connectivity index (χ4v) is 4.51. The van der Waals surface area contributed by atoms with Crippen LogP contribution < -0.4 is 4.90 Å². The lowest BCUT2D eigenvalue weighted by Crippen LogP contribution is -2.30. The number of benzene rings is 4. The molecule has 2 heteroatoms. The predicted octanol–water partition coefficient (Wildman–Crippen LogP) is 7.28. The lowest BCUT2D eigenvalue weighted by molar-refractivity contribution is 0.112. The highest BCUT2D eigenvalue weighted by Crippen LogP contribution is 2.51. The van der Waals surface area contributed by atoms with E-state index in [1.807, 2.05) is 18.2 Å². The van der Waals surface area contributed by atoms with E-state index in [2.05, 4.69) is 97.6 Å². The smallest absolute Gasteiger partial charge is 0.150 e. The van der Waals surface area contributed by atoms with Gasteiger partial charge in [0.2, 0.25) is 0 Å². The van der Waals surface area contributed by atoms with Crippen LogP contribution in [0.3, 0.4) is 0 Å². The molecule has 0 aromatic heterocycles. The van der Waals surface area contributed by atoms with Crippen LogP contribution in [-0.4, -0.2) is 6.29 Å². The van der Waals surface area contributed by atoms with E-state index in [1.165, 1.54) is 22.4 Å². The van der Waals surface area contributed by atoms with E-state index in [0.717, 1.165) is 23.2 Å². The molecule has 30 heavy (non-hydrogen) atoms. The van der Waals surface area contributed by atoms with Gasteiger partial charge in [-0.05, 0) is 58.7 Å². The molecule has 0 amide bonds. The van der Waals surface area contributed by atoms with Crippen LogP contribution in [0.2, 0.25) is 0 Å². The Bertz CT molecular complexity index is 1220. The van der Waals surface area contributed by atoms with Crippen molar-refractivity contribution in [1.29, 1.82) is 0 Å². The Balaban J connectivity index is 1.68. The molecule has 1 aliphatic heterocycles. The van der Waals surface area contributed by atoms with Crippen molar-refractivity contribution in [3.05, 3.63) is 114 Å². The number of carbonyl (C=O) groups is 1. The van der Waals surface area contributed by atoms with Crippen molar-refractivity contribution in [2.24, 2.45) is 0 Å². The molecule has 0 spiro atoms. The van der Waals surface area contributed by atoms with Crippen LogP contribution in [0.4, 0.5) is 17.1 Å². The zero-order valence-corrected chi connectivity index (χ0v) is 17.2. The van der Waals surface area contributed by atoms with Crippen molar-refractivity contribution in [2.75, 3.05) is 4.90 Å². The maximum Gasteiger partial charge on any atom is 0.150 e. The van der Waals surface area contributed by atoms with Gasteiger partial charge >= 0.3 is 0 Å². The number of aldehydes is 1. The van der Waals surface area contributed by atoms with Gasteiger partial charge in [0, 0.05) is 16.7 Å². The summed E-state index contributed by atoms with van der Waals surface area (Å²) < 4.78 is 0. The maximum atomic E-state index is 11.5. The van der Waals surface area contributed by atoms with Crippen LogP contribution in [0.5, 0.6) is 0 Å². The first-order valence-corrected chi connectivity index (χ1v) is 10.2. The highest BCUT2D eigenvalue weighted by molar-refractivity contribution is 5.88. The first-order valence-electron chi connectivity index (χ1n) is 10.2. The Kier molecular flexibility index (Phi) is 4.29. The van der Waals surface area contributed by atoms with E-state index in [-0.39, 0.29) is 5.41 Å². The van der Waals surface area contributed by atoms with E-state index < -0.39 is 0 Å². The fraction of sp³-hybridized carbons (Fsp3) is 0.107. The summed E-state index contributed by atoms with van der Waals surface area (Å²) in [5, 5.41) is 0. The first kappa shape index (κ1) is 18.4. The molecule has 1 heterocycles. The Morgan fingerprint density at radius 1 is 0.667 bits per heavy atom. The summed E-state index contributed by atoms with van der Waals surface area (Å²) in [6, 6.07) is 33.7. The monoisotopic (exact) mass is 389 g/mol. The third kappa shape index (κ3) is 2.84. The average Bonchev–Trinajstić information content (AvgIpc) is 2.80. The van der Waals surface area contributed by atoms with Gasteiger partial charge in [0.25, 0.3) is 0 Å². The molecule has 2 nitrogen and oxygen atoms in total. The van der Waals surface area contributed by atoms with Crippen molar-refractivity contribution in [2.45, 2.75) is 19.3 Å². The van der Waals surface area contributed by atoms with Gasteiger partial charge in [0.05, 0.1) is 11.4 Å². The van der Waals surface area contributed by atoms with Crippen LogP contribution in [-0.2, 0) is 5.41 Å². The van der Waals surface area contributed by atoms with Gasteiger partial charge in [-0.3, -0.25) is 4.79 Å². The van der Waals surface area contributed by atoms with Gasteiger partial charge in [-0.15, -0.1) is 0 Å². The zero-order chi connectivity index (χ0) is 20.7. The number of nitrogens with zero attached hydrogens (tertiary/aromatic N) is 1. The lowest BCUT2D eigenvalue weighted by Gasteiger charge is -2.42. The second-order valence-electron chi connectivity index (χ2n) is 8.28. The van der Waals surface area contributed by atoms with Gasteiger partial charge in [-0.1, -0.05) is 74.5 Å². The van der Waals surface area contributed by atoms with Gasteiger partial charge in [0.1, 0.15) is 6.29 Å². The number of hydrogen-bond donors (Lipinski definition) is 0. The van der Waals surface area contributed by atoms with Crippen LogP contribution in [0.25, 0.3) is 11.1 Å². The molecular weight excluding hydrogens is 366 g/mol. The molecule has 4 aromatic rings. The maximum absolute atomic E-state index is 11.5. The molecule has 0 aliphatic carbocycles. The summed E-state index contributed by atoms with van der Waals surface area (Å²) in [6.07, 6.45) is 0.926. The summed E-state index contributed by atoms with van der Waals surface area (Å²) in [6.45, 7) is 4.46. The van der Waals surface area contributed by atoms with Crippen molar-refractivity contribution in [3.8, 4) is 11.1 Å². The number of anilines is 3. The third-order valence-electron chi connectivity index (χ3n) is 6.12. The molecule has 0 saturated carbocycles. The largest absolute Gasteiger partial charge is 0.310 e. The molecule has 0 fully saturated rings. The van der Waals surface area contributed by atoms with Crippen molar-refractivity contribution in [1.82, 2.24) is 0 Å². The average molecular weight is 389 g/mol. The summed E-state index contributed by atoms with van der Waals surface area (Å²) in [5.41, 5.74) is 8.76. The molecule has 0 radical (unpaired) electrons. The van der Waals surface area contributed by atoms with Gasteiger partial charge < -0.3 is 4.90 Å². The molecular formula is C28H23NO. The first-order chi connectivity index (χ1) is 14.6. The topological polar surface area (TPSA) is 20.3 Å². The number of carbonyl (C=O) groups excluding carboxylic acids is 1. The van der Waals surface area contributed by atoms with Crippen LogP contribution in [0.1, 0.15) is 35.3 Å². The van der Waals surface area contributed by atoms with Gasteiger partial charge in [0.15, 0.2) is 0 Å². The van der Waals surface area contributed by atoms with E-state index in [1.54, 1.807) is 0 Å². The normalized spacial score (nSPS) is 14.0. The van der Waals surface area contributed by atoms with Crippen LogP contribution in [0, 0.1) is 0 Å². The Morgan fingerprint density at radius 2 is 1.30 bits per heavy atom. The molecule has 4 aromatic carbocycles. The minimum absolute atomic E-state index is 0.189. The summed E-state index contributed by atoms with van der Waals surface area (Å²) in [7, 11) is 0. The minimum atomic E-state index is -0.189. The van der Waals surface area contributed by atoms with Gasteiger partial charge in [-0.25, -0.2) is 0 Å². The molecule has 0 N–H and O–H groups in total. The Hall–Kier alpha value is -3.65. The third-order valence-corrected chi connectivity index (χ3v) is 6.12. The van der Waals surface area contributed by atoms with Crippen molar-refractivity contribution in [3.63, 3.8) is 0 Å². The summed E-state index contributed by atoms with van der Waals surface area (Å²) in [5.74, 6) is 0. The number of fused-ring (bicyclic) bond motifs is 2. The number of para-hydroxylation sites is 1. The molecule has 0 unspecified atom stereocenters. The molecule has 0 saturated heterocycles. The Labute approximate surface area is 177 Å². The van der Waals surface area contributed by atoms with E-state index in [0.29, 0.717) is 5.56 Å². The Morgan fingerprint density at radius 3 is 2.03 bits per heavy atom. The molecule has 0 bridgehead atoms. The van der Waals surface area contributed by atoms with Crippen molar-refractivity contribution < 1.29 is 4.79 Å². The van der Waals surface area contributed by atoms with Crippen LogP contribution >= 0.6 is 0 Å². The highest BCUT2D eigenvalue weighted by Gasteiger charge is 2.36. The van der Waals surface area contributed by atoms with E-state index in [4.69, 9.17) is 0 Å². The van der Waals surface area contributed by atoms with Gasteiger partial charge in [-0.2, -0.15) is 0 Å². The summed E-state index contributed by atoms with van der Waals surface area (Å²) in [4.78, 5) is 13.8. The zero-order valence-electron chi connectivity index (χ0n) is 17.2. The number of rotatable bonds is 3. The quantitative estimate of drug-likeness (QED) is 0.343.